The second kappa shape index (κ2) is 5.66. The molecule has 0 spiro atoms. The highest BCUT2D eigenvalue weighted by atomic mass is 14.2. The zero-order chi connectivity index (χ0) is 13.9. The molecule has 0 aliphatic heterocycles. The van der Waals surface area contributed by atoms with E-state index < -0.39 is 0 Å². The molecule has 0 fully saturated rings. The lowest BCUT2D eigenvalue weighted by molar-refractivity contribution is 0.554. The van der Waals surface area contributed by atoms with Gasteiger partial charge in [0.05, 0.1) is 0 Å². The van der Waals surface area contributed by atoms with E-state index in [1.807, 2.05) is 0 Å². The SMILES string of the molecule is C=CC1CCc2cc(-c3ccc(CC)cc3)ccc2C1. The van der Waals surface area contributed by atoms with E-state index in [1.165, 1.54) is 40.7 Å². The Labute approximate surface area is 122 Å². The first-order valence-corrected chi connectivity index (χ1v) is 7.64. The lowest BCUT2D eigenvalue weighted by Crippen LogP contribution is -2.11. The highest BCUT2D eigenvalue weighted by molar-refractivity contribution is 5.65. The third-order valence-electron chi connectivity index (χ3n) is 4.50. The average Bonchev–Trinajstić information content (AvgIpc) is 2.54. The van der Waals surface area contributed by atoms with E-state index in [4.69, 9.17) is 0 Å². The van der Waals surface area contributed by atoms with Crippen LogP contribution in [-0.4, -0.2) is 0 Å². The van der Waals surface area contributed by atoms with E-state index >= 15 is 0 Å². The maximum Gasteiger partial charge on any atom is -0.0181 e. The second-order valence-electron chi connectivity index (χ2n) is 5.77. The molecule has 102 valence electrons. The van der Waals surface area contributed by atoms with Gasteiger partial charge in [-0.2, -0.15) is 0 Å². The monoisotopic (exact) mass is 262 g/mol. The van der Waals surface area contributed by atoms with Crippen LogP contribution in [-0.2, 0) is 19.3 Å². The van der Waals surface area contributed by atoms with Gasteiger partial charge in [0.2, 0.25) is 0 Å². The Kier molecular flexibility index (Phi) is 3.73. The van der Waals surface area contributed by atoms with Gasteiger partial charge in [0, 0.05) is 0 Å². The van der Waals surface area contributed by atoms with E-state index in [1.54, 1.807) is 0 Å². The number of hydrogen-bond donors (Lipinski definition) is 0. The van der Waals surface area contributed by atoms with E-state index in [0.29, 0.717) is 5.92 Å². The molecule has 0 saturated heterocycles. The van der Waals surface area contributed by atoms with Crippen molar-refractivity contribution in [2.75, 3.05) is 0 Å². The van der Waals surface area contributed by atoms with Crippen molar-refractivity contribution in [2.45, 2.75) is 32.6 Å². The molecule has 0 heterocycles. The molecule has 3 rings (SSSR count). The van der Waals surface area contributed by atoms with Crippen molar-refractivity contribution in [2.24, 2.45) is 5.92 Å². The zero-order valence-electron chi connectivity index (χ0n) is 12.2. The first-order valence-electron chi connectivity index (χ1n) is 7.64. The first-order chi connectivity index (χ1) is 9.80. The van der Waals surface area contributed by atoms with Gasteiger partial charge in [-0.1, -0.05) is 55.5 Å². The van der Waals surface area contributed by atoms with Crippen LogP contribution in [0.3, 0.4) is 0 Å². The summed E-state index contributed by atoms with van der Waals surface area (Å²) in [6, 6.07) is 15.9. The molecule has 1 aliphatic carbocycles. The predicted molar refractivity (Wildman–Crippen MR) is 87.0 cm³/mol. The first kappa shape index (κ1) is 13.2. The molecule has 0 saturated carbocycles. The molecule has 0 N–H and O–H groups in total. The van der Waals surface area contributed by atoms with Gasteiger partial charge in [-0.3, -0.25) is 0 Å². The Hall–Kier alpha value is -1.82. The van der Waals surface area contributed by atoms with Crippen molar-refractivity contribution in [3.63, 3.8) is 0 Å². The van der Waals surface area contributed by atoms with E-state index in [9.17, 15) is 0 Å². The molecule has 1 atom stereocenters. The summed E-state index contributed by atoms with van der Waals surface area (Å²) in [4.78, 5) is 0. The maximum absolute atomic E-state index is 3.94. The molecule has 1 unspecified atom stereocenters. The van der Waals surface area contributed by atoms with Crippen molar-refractivity contribution in [1.82, 2.24) is 0 Å². The molecule has 0 radical (unpaired) electrons. The number of hydrogen-bond acceptors (Lipinski definition) is 0. The smallest absolute Gasteiger partial charge is 0.0181 e. The van der Waals surface area contributed by atoms with Gasteiger partial charge < -0.3 is 0 Å². The Bertz CT molecular complexity index is 604. The average molecular weight is 262 g/mol. The van der Waals surface area contributed by atoms with Crippen LogP contribution in [0.15, 0.2) is 55.1 Å². The lowest BCUT2D eigenvalue weighted by Gasteiger charge is -2.22. The molecule has 0 bridgehead atoms. The van der Waals surface area contributed by atoms with E-state index in [0.717, 1.165) is 12.8 Å². The van der Waals surface area contributed by atoms with E-state index in [-0.39, 0.29) is 0 Å². The van der Waals surface area contributed by atoms with Crippen LogP contribution >= 0.6 is 0 Å². The highest BCUT2D eigenvalue weighted by Gasteiger charge is 2.16. The number of aryl methyl sites for hydroxylation is 2. The van der Waals surface area contributed by atoms with Gasteiger partial charge in [-0.25, -0.2) is 0 Å². The maximum atomic E-state index is 3.94. The molecule has 2 aromatic carbocycles. The van der Waals surface area contributed by atoms with Gasteiger partial charge in [0.15, 0.2) is 0 Å². The fraction of sp³-hybridized carbons (Fsp3) is 0.300. The van der Waals surface area contributed by atoms with Gasteiger partial charge in [0.25, 0.3) is 0 Å². The van der Waals surface area contributed by atoms with Gasteiger partial charge in [-0.15, -0.1) is 6.58 Å². The summed E-state index contributed by atoms with van der Waals surface area (Å²) in [5, 5.41) is 0. The predicted octanol–water partition coefficient (Wildman–Crippen LogP) is 5.21. The minimum Gasteiger partial charge on any atom is -0.103 e. The normalized spacial score (nSPS) is 17.6. The molecular formula is C20H22. The van der Waals surface area contributed by atoms with Crippen LogP contribution in [0.1, 0.15) is 30.0 Å². The Morgan fingerprint density at radius 1 is 1.05 bits per heavy atom. The molecule has 1 aliphatic rings. The van der Waals surface area contributed by atoms with Gasteiger partial charge in [0.1, 0.15) is 0 Å². The largest absolute Gasteiger partial charge is 0.103 e. The van der Waals surface area contributed by atoms with Crippen molar-refractivity contribution >= 4 is 0 Å². The van der Waals surface area contributed by atoms with Crippen LogP contribution in [0.2, 0.25) is 0 Å². The van der Waals surface area contributed by atoms with Gasteiger partial charge >= 0.3 is 0 Å². The Balaban J connectivity index is 1.90. The van der Waals surface area contributed by atoms with Gasteiger partial charge in [-0.05, 0) is 59.4 Å². The van der Waals surface area contributed by atoms with Crippen molar-refractivity contribution in [1.29, 1.82) is 0 Å². The molecule has 0 amide bonds. The third-order valence-corrected chi connectivity index (χ3v) is 4.50. The summed E-state index contributed by atoms with van der Waals surface area (Å²) in [6.45, 7) is 6.14. The summed E-state index contributed by atoms with van der Waals surface area (Å²) in [6.07, 6.45) is 6.81. The minimum atomic E-state index is 0.664. The summed E-state index contributed by atoms with van der Waals surface area (Å²) in [5.74, 6) is 0.664. The standard InChI is InChI=1S/C20H22/c1-3-15-5-8-17(9-6-15)19-12-11-18-13-16(4-2)7-10-20(18)14-19/h4-6,8-9,11-12,14,16H,2-3,7,10,13H2,1H3. The summed E-state index contributed by atoms with van der Waals surface area (Å²) >= 11 is 0. The van der Waals surface area contributed by atoms with Crippen molar-refractivity contribution in [3.8, 4) is 11.1 Å². The third kappa shape index (κ3) is 2.56. The Morgan fingerprint density at radius 3 is 2.50 bits per heavy atom. The Morgan fingerprint density at radius 2 is 1.80 bits per heavy atom. The van der Waals surface area contributed by atoms with Crippen LogP contribution in [0.25, 0.3) is 11.1 Å². The molecular weight excluding hydrogens is 240 g/mol. The summed E-state index contributed by atoms with van der Waals surface area (Å²) in [5.41, 5.74) is 7.12. The van der Waals surface area contributed by atoms with Crippen LogP contribution in [0, 0.1) is 5.92 Å². The van der Waals surface area contributed by atoms with Crippen LogP contribution < -0.4 is 0 Å². The number of benzene rings is 2. The number of rotatable bonds is 3. The van der Waals surface area contributed by atoms with Crippen LogP contribution in [0.5, 0.6) is 0 Å². The fourth-order valence-electron chi connectivity index (χ4n) is 3.10. The molecule has 0 heteroatoms. The molecule has 0 aromatic heterocycles. The van der Waals surface area contributed by atoms with E-state index in [2.05, 4.69) is 62.0 Å². The quantitative estimate of drug-likeness (QED) is 0.666. The highest BCUT2D eigenvalue weighted by Crippen LogP contribution is 2.30. The summed E-state index contributed by atoms with van der Waals surface area (Å²) < 4.78 is 0. The second-order valence-corrected chi connectivity index (χ2v) is 5.77. The fourth-order valence-corrected chi connectivity index (χ4v) is 3.10. The molecule has 20 heavy (non-hydrogen) atoms. The lowest BCUT2D eigenvalue weighted by atomic mass is 9.83. The van der Waals surface area contributed by atoms with Crippen LogP contribution in [0.4, 0.5) is 0 Å². The molecule has 0 nitrogen and oxygen atoms in total. The summed E-state index contributed by atoms with van der Waals surface area (Å²) in [7, 11) is 0. The number of fused-ring (bicyclic) bond motifs is 1. The topological polar surface area (TPSA) is 0 Å². The molecule has 2 aromatic rings. The zero-order valence-corrected chi connectivity index (χ0v) is 12.2. The number of allylic oxidation sites excluding steroid dienone is 1. The van der Waals surface area contributed by atoms with Crippen molar-refractivity contribution < 1.29 is 0 Å². The van der Waals surface area contributed by atoms with Crippen molar-refractivity contribution in [3.05, 3.63) is 71.8 Å². The minimum absolute atomic E-state index is 0.664.